The van der Waals surface area contributed by atoms with E-state index in [4.69, 9.17) is 19.6 Å². The molecule has 1 atom stereocenters. The summed E-state index contributed by atoms with van der Waals surface area (Å²) >= 11 is 1.56. The number of nitrogens with zero attached hydrogens (tertiary/aromatic N) is 6. The molecule has 4 heterocycles. The lowest BCUT2D eigenvalue weighted by Crippen LogP contribution is -2.36. The fourth-order valence-corrected chi connectivity index (χ4v) is 5.97. The van der Waals surface area contributed by atoms with E-state index < -0.39 is 6.04 Å². The molecule has 5 aromatic rings. The third-order valence-corrected chi connectivity index (χ3v) is 8.23. The van der Waals surface area contributed by atoms with Gasteiger partial charge in [0, 0.05) is 23.7 Å². The first-order chi connectivity index (χ1) is 20.9. The van der Waals surface area contributed by atoms with Crippen molar-refractivity contribution in [3.05, 3.63) is 110 Å². The molecule has 0 saturated carbocycles. The van der Waals surface area contributed by atoms with Gasteiger partial charge in [0.2, 0.25) is 5.95 Å². The normalized spacial score (nSPS) is 14.6. The van der Waals surface area contributed by atoms with Gasteiger partial charge in [-0.1, -0.05) is 42.5 Å². The van der Waals surface area contributed by atoms with Crippen LogP contribution in [-0.2, 0) is 11.3 Å². The highest BCUT2D eigenvalue weighted by Crippen LogP contribution is 2.38. The molecule has 0 N–H and O–H groups in total. The number of amides is 1. The fourth-order valence-electron chi connectivity index (χ4n) is 5.25. The molecule has 218 valence electrons. The topological polar surface area (TPSA) is 104 Å². The van der Waals surface area contributed by atoms with Crippen LogP contribution in [0.4, 0.5) is 0 Å². The van der Waals surface area contributed by atoms with E-state index in [-0.39, 0.29) is 24.0 Å². The lowest BCUT2D eigenvalue weighted by atomic mass is 10.0. The van der Waals surface area contributed by atoms with Gasteiger partial charge in [-0.15, -0.1) is 11.3 Å². The smallest absolute Gasteiger partial charge is 0.263 e. The zero-order chi connectivity index (χ0) is 30.1. The Bertz CT molecular complexity index is 1880. The summed E-state index contributed by atoms with van der Waals surface area (Å²) in [5.41, 5.74) is 4.12. The number of hydrazone groups is 1. The molecule has 1 amide bonds. The van der Waals surface area contributed by atoms with Crippen molar-refractivity contribution in [1.29, 1.82) is 0 Å². The Morgan fingerprint density at radius 3 is 2.44 bits per heavy atom. The summed E-state index contributed by atoms with van der Waals surface area (Å²) in [4.78, 5) is 33.6. The van der Waals surface area contributed by atoms with Crippen LogP contribution in [0.5, 0.6) is 11.5 Å². The summed E-state index contributed by atoms with van der Waals surface area (Å²) in [6.45, 7) is 3.48. The first-order valence-corrected chi connectivity index (χ1v) is 14.6. The van der Waals surface area contributed by atoms with Crippen molar-refractivity contribution in [1.82, 2.24) is 24.3 Å². The molecule has 0 spiro atoms. The minimum Gasteiger partial charge on any atom is -0.493 e. The lowest BCUT2D eigenvalue weighted by molar-refractivity contribution is -0.133. The molecule has 1 aliphatic heterocycles. The average Bonchev–Trinajstić information content (AvgIpc) is 3.78. The Balaban J connectivity index is 1.42. The molecule has 2 aromatic carbocycles. The SMILES string of the molecule is COc1ccc(C2CC(c3cccs3)=NN2C(=O)Cn2c(-n3nc(C)cc3C)nc(-c3ccccc3)cc2=O)cc1OC. The van der Waals surface area contributed by atoms with E-state index in [2.05, 4.69) is 5.10 Å². The zero-order valence-electron chi connectivity index (χ0n) is 24.2. The molecular formula is C32H30N6O4S. The van der Waals surface area contributed by atoms with E-state index >= 15 is 0 Å². The van der Waals surface area contributed by atoms with Gasteiger partial charge in [0.05, 0.1) is 42.2 Å². The van der Waals surface area contributed by atoms with Gasteiger partial charge in [0.15, 0.2) is 11.5 Å². The third-order valence-electron chi connectivity index (χ3n) is 7.31. The summed E-state index contributed by atoms with van der Waals surface area (Å²) in [5, 5.41) is 12.8. The molecule has 0 fully saturated rings. The number of aromatic nitrogens is 4. The van der Waals surface area contributed by atoms with E-state index in [9.17, 15) is 9.59 Å². The number of carbonyl (C=O) groups is 1. The van der Waals surface area contributed by atoms with E-state index in [0.29, 0.717) is 23.6 Å². The number of rotatable bonds is 8. The molecule has 43 heavy (non-hydrogen) atoms. The van der Waals surface area contributed by atoms with Crippen molar-refractivity contribution >= 4 is 23.0 Å². The van der Waals surface area contributed by atoms with Gasteiger partial charge >= 0.3 is 0 Å². The van der Waals surface area contributed by atoms with Crippen LogP contribution in [-0.4, -0.2) is 50.2 Å². The quantitative estimate of drug-likeness (QED) is 0.246. The number of thiophene rings is 1. The summed E-state index contributed by atoms with van der Waals surface area (Å²) < 4.78 is 13.9. The monoisotopic (exact) mass is 594 g/mol. The number of benzene rings is 2. The van der Waals surface area contributed by atoms with Gasteiger partial charge in [-0.05, 0) is 49.1 Å². The van der Waals surface area contributed by atoms with Crippen molar-refractivity contribution in [3.63, 3.8) is 0 Å². The van der Waals surface area contributed by atoms with Crippen LogP contribution in [0.25, 0.3) is 17.2 Å². The predicted molar refractivity (Wildman–Crippen MR) is 165 cm³/mol. The predicted octanol–water partition coefficient (Wildman–Crippen LogP) is 5.17. The fraction of sp³-hybridized carbons (Fsp3) is 0.219. The van der Waals surface area contributed by atoms with E-state index in [1.54, 1.807) is 30.2 Å². The summed E-state index contributed by atoms with van der Waals surface area (Å²) in [5.74, 6) is 1.05. The Hall–Kier alpha value is -5.03. The van der Waals surface area contributed by atoms with Gasteiger partial charge < -0.3 is 9.47 Å². The van der Waals surface area contributed by atoms with Crippen LogP contribution in [0.15, 0.2) is 88.1 Å². The highest BCUT2D eigenvalue weighted by Gasteiger charge is 2.34. The number of hydrogen-bond acceptors (Lipinski definition) is 8. The van der Waals surface area contributed by atoms with Crippen LogP contribution >= 0.6 is 11.3 Å². The molecule has 6 rings (SSSR count). The molecule has 3 aromatic heterocycles. The van der Waals surface area contributed by atoms with Crippen LogP contribution in [0.3, 0.4) is 0 Å². The summed E-state index contributed by atoms with van der Waals surface area (Å²) in [6.07, 6.45) is 0.506. The maximum absolute atomic E-state index is 14.1. The second kappa shape index (κ2) is 11.7. The number of carbonyl (C=O) groups excluding carboxylic acids is 1. The third kappa shape index (κ3) is 5.46. The minimum absolute atomic E-state index is 0.259. The van der Waals surface area contributed by atoms with Crippen molar-refractivity contribution in [2.75, 3.05) is 14.2 Å². The molecular weight excluding hydrogens is 564 g/mol. The Morgan fingerprint density at radius 2 is 1.77 bits per heavy atom. The summed E-state index contributed by atoms with van der Waals surface area (Å²) in [7, 11) is 3.15. The van der Waals surface area contributed by atoms with Gasteiger partial charge in [-0.2, -0.15) is 10.2 Å². The molecule has 0 saturated heterocycles. The van der Waals surface area contributed by atoms with E-state index in [1.807, 2.05) is 86.0 Å². The molecule has 11 heteroatoms. The van der Waals surface area contributed by atoms with Crippen LogP contribution in [0.1, 0.15) is 34.3 Å². The Labute approximate surface area is 252 Å². The molecule has 0 bridgehead atoms. The Morgan fingerprint density at radius 1 is 0.977 bits per heavy atom. The first-order valence-electron chi connectivity index (χ1n) is 13.7. The highest BCUT2D eigenvalue weighted by atomic mass is 32.1. The van der Waals surface area contributed by atoms with E-state index in [1.165, 1.54) is 15.6 Å². The van der Waals surface area contributed by atoms with Gasteiger partial charge in [-0.3, -0.25) is 14.2 Å². The van der Waals surface area contributed by atoms with Crippen molar-refractivity contribution in [3.8, 4) is 28.7 Å². The van der Waals surface area contributed by atoms with Crippen LogP contribution in [0, 0.1) is 13.8 Å². The molecule has 1 aliphatic rings. The standard InChI is InChI=1S/C32H30N6O4S/c1-20-15-21(2)37(34-20)32-33-24(22-9-6-5-7-10-22)18-30(39)36(32)19-31(40)38-26(17-25(35-38)29-11-8-14-43-29)23-12-13-27(41-3)28(16-23)42-4/h5-16,18,26H,17,19H2,1-4H3. The van der Waals surface area contributed by atoms with Crippen molar-refractivity contribution in [2.24, 2.45) is 5.10 Å². The second-order valence-corrected chi connectivity index (χ2v) is 11.1. The zero-order valence-corrected chi connectivity index (χ0v) is 25.0. The molecule has 1 unspecified atom stereocenters. The van der Waals surface area contributed by atoms with Crippen molar-refractivity contribution in [2.45, 2.75) is 32.9 Å². The largest absolute Gasteiger partial charge is 0.493 e. The first kappa shape index (κ1) is 28.1. The van der Waals surface area contributed by atoms with Crippen LogP contribution < -0.4 is 15.0 Å². The molecule has 0 aliphatic carbocycles. The molecule has 10 nitrogen and oxygen atoms in total. The number of methoxy groups -OCH3 is 2. The number of ether oxygens (including phenoxy) is 2. The van der Waals surface area contributed by atoms with Crippen LogP contribution in [0.2, 0.25) is 0 Å². The second-order valence-electron chi connectivity index (χ2n) is 10.2. The molecule has 0 radical (unpaired) electrons. The minimum atomic E-state index is -0.409. The van der Waals surface area contributed by atoms with Crippen molar-refractivity contribution < 1.29 is 14.3 Å². The Kier molecular flexibility index (Phi) is 7.64. The van der Waals surface area contributed by atoms with Gasteiger partial charge in [0.1, 0.15) is 6.54 Å². The van der Waals surface area contributed by atoms with Gasteiger partial charge in [0.25, 0.3) is 11.5 Å². The summed E-state index contributed by atoms with van der Waals surface area (Å²) in [6, 6.07) is 21.9. The average molecular weight is 595 g/mol. The maximum Gasteiger partial charge on any atom is 0.263 e. The number of aryl methyl sites for hydroxylation is 2. The maximum atomic E-state index is 14.1. The number of hydrogen-bond donors (Lipinski definition) is 0. The highest BCUT2D eigenvalue weighted by molar-refractivity contribution is 7.12. The van der Waals surface area contributed by atoms with E-state index in [0.717, 1.165) is 33.1 Å². The lowest BCUT2D eigenvalue weighted by Gasteiger charge is -2.24. The van der Waals surface area contributed by atoms with Gasteiger partial charge in [-0.25, -0.2) is 14.7 Å².